The zero-order valence-electron chi connectivity index (χ0n) is 16.3. The first-order valence-corrected chi connectivity index (χ1v) is 9.46. The fraction of sp³-hybridized carbons (Fsp3) is 0. The Balaban J connectivity index is 1.52. The first-order chi connectivity index (χ1) is 15.1. The second-order valence-corrected chi connectivity index (χ2v) is 6.66. The first kappa shape index (κ1) is 19.8. The molecule has 0 saturated carbocycles. The van der Waals surface area contributed by atoms with Crippen LogP contribution in [-0.2, 0) is 0 Å². The Hall–Kier alpha value is -4.52. The van der Waals surface area contributed by atoms with Gasteiger partial charge in [0.15, 0.2) is 0 Å². The molecule has 4 aromatic rings. The highest BCUT2D eigenvalue weighted by Gasteiger charge is 2.09. The second kappa shape index (κ2) is 8.87. The van der Waals surface area contributed by atoms with Crippen molar-refractivity contribution >= 4 is 34.3 Å². The van der Waals surface area contributed by atoms with Crippen molar-refractivity contribution in [3.8, 4) is 11.5 Å². The average molecular weight is 410 g/mol. The van der Waals surface area contributed by atoms with Gasteiger partial charge >= 0.3 is 0 Å². The van der Waals surface area contributed by atoms with E-state index in [1.807, 2.05) is 42.5 Å². The minimum absolute atomic E-state index is 0.0235. The number of nitrogens with one attached hydrogen (secondary N) is 1. The smallest absolute Gasteiger partial charge is 0.275 e. The van der Waals surface area contributed by atoms with Crippen LogP contribution in [0.2, 0.25) is 0 Å². The maximum absolute atomic E-state index is 12.1. The molecule has 1 amide bonds. The molecule has 0 saturated heterocycles. The van der Waals surface area contributed by atoms with Crippen LogP contribution in [0.15, 0.2) is 100 Å². The lowest BCUT2D eigenvalue weighted by Gasteiger charge is -2.03. The van der Waals surface area contributed by atoms with Gasteiger partial charge in [-0.25, -0.2) is 5.43 Å². The van der Waals surface area contributed by atoms with Crippen LogP contribution < -0.4 is 5.43 Å². The number of azo groups is 1. The van der Waals surface area contributed by atoms with Gasteiger partial charge in [0.25, 0.3) is 5.91 Å². The van der Waals surface area contributed by atoms with E-state index < -0.39 is 5.91 Å². The van der Waals surface area contributed by atoms with Crippen LogP contribution in [0.25, 0.3) is 10.8 Å². The van der Waals surface area contributed by atoms with Crippen molar-refractivity contribution in [2.45, 2.75) is 0 Å². The summed E-state index contributed by atoms with van der Waals surface area (Å²) in [6.07, 6.45) is 1.30. The van der Waals surface area contributed by atoms with Gasteiger partial charge in [-0.3, -0.25) is 4.79 Å². The van der Waals surface area contributed by atoms with Gasteiger partial charge in [-0.1, -0.05) is 48.5 Å². The summed E-state index contributed by atoms with van der Waals surface area (Å²) in [5.74, 6) is -0.737. The molecule has 4 rings (SSSR count). The SMILES string of the molecule is O=C(N/N=C\c1cc(N=Nc2cccc3ccccc23)ccc1O)c1ccccc1O. The van der Waals surface area contributed by atoms with Crippen LogP contribution in [0, 0.1) is 0 Å². The summed E-state index contributed by atoms with van der Waals surface area (Å²) >= 11 is 0. The van der Waals surface area contributed by atoms with Crippen LogP contribution in [0.3, 0.4) is 0 Å². The van der Waals surface area contributed by atoms with E-state index in [0.29, 0.717) is 11.3 Å². The van der Waals surface area contributed by atoms with Gasteiger partial charge in [0, 0.05) is 10.9 Å². The summed E-state index contributed by atoms with van der Waals surface area (Å²) < 4.78 is 0. The second-order valence-electron chi connectivity index (χ2n) is 6.66. The molecule has 0 aromatic heterocycles. The third-order valence-electron chi connectivity index (χ3n) is 4.57. The summed E-state index contributed by atoms with van der Waals surface area (Å²) in [6.45, 7) is 0. The number of amides is 1. The molecule has 4 aromatic carbocycles. The van der Waals surface area contributed by atoms with E-state index in [9.17, 15) is 15.0 Å². The number of hydrogen-bond acceptors (Lipinski definition) is 6. The number of hydrazone groups is 1. The van der Waals surface area contributed by atoms with E-state index in [2.05, 4.69) is 20.8 Å². The Morgan fingerprint density at radius 2 is 1.58 bits per heavy atom. The summed E-state index contributed by atoms with van der Waals surface area (Å²) in [5, 5.41) is 34.3. The lowest BCUT2D eigenvalue weighted by atomic mass is 10.1. The minimum atomic E-state index is -0.569. The molecular formula is C24H18N4O3. The standard InChI is InChI=1S/C24H18N4O3/c29-22-13-12-18(26-27-21-10-5-7-16-6-1-2-8-19(16)21)14-17(22)15-25-28-24(31)20-9-3-4-11-23(20)30/h1-15,29-30H,(H,28,31)/b25-15-,27-26?. The number of phenolic OH excluding ortho intramolecular Hbond substituents is 2. The molecule has 152 valence electrons. The lowest BCUT2D eigenvalue weighted by Crippen LogP contribution is -2.17. The van der Waals surface area contributed by atoms with Gasteiger partial charge < -0.3 is 10.2 Å². The topological polar surface area (TPSA) is 107 Å². The predicted octanol–water partition coefficient (Wildman–Crippen LogP) is 5.43. The van der Waals surface area contributed by atoms with Crippen molar-refractivity contribution < 1.29 is 15.0 Å². The Bertz CT molecular complexity index is 1310. The van der Waals surface area contributed by atoms with Gasteiger partial charge in [-0.05, 0) is 41.8 Å². The van der Waals surface area contributed by atoms with Crippen LogP contribution in [0.1, 0.15) is 15.9 Å². The van der Waals surface area contributed by atoms with E-state index in [-0.39, 0.29) is 17.1 Å². The monoisotopic (exact) mass is 410 g/mol. The molecule has 0 heterocycles. The quantitative estimate of drug-likeness (QED) is 0.232. The Kier molecular flexibility index (Phi) is 5.66. The predicted molar refractivity (Wildman–Crippen MR) is 119 cm³/mol. The normalized spacial score (nSPS) is 11.4. The van der Waals surface area contributed by atoms with Crippen molar-refractivity contribution in [3.05, 3.63) is 96.1 Å². The van der Waals surface area contributed by atoms with Gasteiger partial charge in [0.05, 0.1) is 23.2 Å². The number of benzene rings is 4. The molecule has 0 aliphatic carbocycles. The molecule has 7 nitrogen and oxygen atoms in total. The highest BCUT2D eigenvalue weighted by atomic mass is 16.3. The maximum atomic E-state index is 12.1. The van der Waals surface area contributed by atoms with Crippen LogP contribution in [0.4, 0.5) is 11.4 Å². The Labute approximate surface area is 178 Å². The molecule has 31 heavy (non-hydrogen) atoms. The van der Waals surface area contributed by atoms with Gasteiger partial charge in [0.1, 0.15) is 11.5 Å². The molecule has 0 spiro atoms. The van der Waals surface area contributed by atoms with E-state index in [1.165, 1.54) is 24.4 Å². The number of phenols is 2. The van der Waals surface area contributed by atoms with Gasteiger partial charge in [-0.2, -0.15) is 10.2 Å². The number of carbonyl (C=O) groups is 1. The number of nitrogens with zero attached hydrogens (tertiary/aromatic N) is 3. The van der Waals surface area contributed by atoms with Crippen molar-refractivity contribution in [1.29, 1.82) is 0 Å². The van der Waals surface area contributed by atoms with E-state index in [4.69, 9.17) is 0 Å². The lowest BCUT2D eigenvalue weighted by molar-refractivity contribution is 0.0952. The molecule has 0 aliphatic rings. The minimum Gasteiger partial charge on any atom is -0.507 e. The summed E-state index contributed by atoms with van der Waals surface area (Å²) in [4.78, 5) is 12.1. The molecule has 0 aliphatic heterocycles. The number of rotatable bonds is 5. The first-order valence-electron chi connectivity index (χ1n) is 9.46. The van der Waals surface area contributed by atoms with Gasteiger partial charge in [0.2, 0.25) is 0 Å². The molecule has 0 unspecified atom stereocenters. The molecule has 0 fully saturated rings. The third kappa shape index (κ3) is 4.56. The number of hydrogen-bond donors (Lipinski definition) is 3. The maximum Gasteiger partial charge on any atom is 0.275 e. The van der Waals surface area contributed by atoms with Crippen molar-refractivity contribution in [2.75, 3.05) is 0 Å². The van der Waals surface area contributed by atoms with Crippen LogP contribution >= 0.6 is 0 Å². The number of fused-ring (bicyclic) bond motifs is 1. The Morgan fingerprint density at radius 3 is 2.45 bits per heavy atom. The van der Waals surface area contributed by atoms with Crippen molar-refractivity contribution in [3.63, 3.8) is 0 Å². The van der Waals surface area contributed by atoms with Crippen LogP contribution in [0.5, 0.6) is 11.5 Å². The van der Waals surface area contributed by atoms with Crippen LogP contribution in [-0.4, -0.2) is 22.3 Å². The Morgan fingerprint density at radius 1 is 0.806 bits per heavy atom. The largest absolute Gasteiger partial charge is 0.507 e. The fourth-order valence-corrected chi connectivity index (χ4v) is 3.00. The van der Waals surface area contributed by atoms with Crippen molar-refractivity contribution in [1.82, 2.24) is 5.43 Å². The highest BCUT2D eigenvalue weighted by Crippen LogP contribution is 2.28. The molecular weight excluding hydrogens is 392 g/mol. The number of aromatic hydroxyl groups is 2. The molecule has 3 N–H and O–H groups in total. The summed E-state index contributed by atoms with van der Waals surface area (Å²) in [5.41, 5.74) is 4.02. The fourth-order valence-electron chi connectivity index (χ4n) is 3.00. The highest BCUT2D eigenvalue weighted by molar-refractivity contribution is 5.97. The molecule has 0 radical (unpaired) electrons. The molecule has 7 heteroatoms. The number of para-hydroxylation sites is 1. The van der Waals surface area contributed by atoms with E-state index >= 15 is 0 Å². The van der Waals surface area contributed by atoms with E-state index in [1.54, 1.807) is 24.3 Å². The average Bonchev–Trinajstić information content (AvgIpc) is 2.79. The third-order valence-corrected chi connectivity index (χ3v) is 4.57. The summed E-state index contributed by atoms with van der Waals surface area (Å²) in [7, 11) is 0. The van der Waals surface area contributed by atoms with E-state index in [0.717, 1.165) is 16.5 Å². The molecule has 0 atom stereocenters. The summed E-state index contributed by atoms with van der Waals surface area (Å²) in [6, 6.07) is 24.5. The molecule has 0 bridgehead atoms. The number of carbonyl (C=O) groups excluding carboxylic acids is 1. The zero-order chi connectivity index (χ0) is 21.6. The van der Waals surface area contributed by atoms with Crippen molar-refractivity contribution in [2.24, 2.45) is 15.3 Å². The zero-order valence-corrected chi connectivity index (χ0v) is 16.3. The van der Waals surface area contributed by atoms with Gasteiger partial charge in [-0.15, -0.1) is 5.11 Å².